The van der Waals surface area contributed by atoms with Crippen molar-refractivity contribution in [2.75, 3.05) is 0 Å². The zero-order chi connectivity index (χ0) is 13.1. The van der Waals surface area contributed by atoms with Gasteiger partial charge in [0.1, 0.15) is 5.78 Å². The summed E-state index contributed by atoms with van der Waals surface area (Å²) >= 11 is 0. The van der Waals surface area contributed by atoms with Crippen LogP contribution < -0.4 is 0 Å². The summed E-state index contributed by atoms with van der Waals surface area (Å²) in [6.07, 6.45) is 7.80. The summed E-state index contributed by atoms with van der Waals surface area (Å²) < 4.78 is 1.87. The van der Waals surface area contributed by atoms with Gasteiger partial charge in [0.05, 0.1) is 5.69 Å². The Morgan fingerprint density at radius 3 is 2.56 bits per heavy atom. The number of aromatic nitrogens is 2. The fourth-order valence-corrected chi connectivity index (χ4v) is 3.02. The summed E-state index contributed by atoms with van der Waals surface area (Å²) in [7, 11) is 1.94. The number of carbonyl (C=O) groups is 1. The fourth-order valence-electron chi connectivity index (χ4n) is 3.02. The Morgan fingerprint density at radius 2 is 2.00 bits per heavy atom. The van der Waals surface area contributed by atoms with Crippen LogP contribution in [0.2, 0.25) is 0 Å². The van der Waals surface area contributed by atoms with E-state index in [1.165, 1.54) is 25.7 Å². The first-order chi connectivity index (χ1) is 8.58. The molecule has 1 heterocycles. The zero-order valence-corrected chi connectivity index (χ0v) is 11.8. The van der Waals surface area contributed by atoms with Gasteiger partial charge in [0, 0.05) is 31.1 Å². The highest BCUT2D eigenvalue weighted by atomic mass is 16.1. The molecule has 0 aromatic carbocycles. The van der Waals surface area contributed by atoms with Crippen LogP contribution in [0.1, 0.15) is 55.5 Å². The molecule has 1 fully saturated rings. The third-order valence-corrected chi connectivity index (χ3v) is 4.34. The molecule has 1 aliphatic carbocycles. The standard InChI is InChI=1S/C15H24N2O/c1-11-15(12(2)17(3)16-11)10-14(18)9-8-13-6-4-5-7-13/h13H,4-10H2,1-3H3. The maximum absolute atomic E-state index is 12.0. The van der Waals surface area contributed by atoms with Crippen molar-refractivity contribution in [1.29, 1.82) is 0 Å². The molecule has 18 heavy (non-hydrogen) atoms. The molecule has 0 amide bonds. The molecule has 0 radical (unpaired) electrons. The topological polar surface area (TPSA) is 34.9 Å². The molecule has 3 heteroatoms. The summed E-state index contributed by atoms with van der Waals surface area (Å²) in [5, 5.41) is 4.37. The van der Waals surface area contributed by atoms with Gasteiger partial charge < -0.3 is 0 Å². The number of Topliss-reactive ketones (excluding diaryl/α,β-unsaturated/α-hetero) is 1. The highest BCUT2D eigenvalue weighted by molar-refractivity contribution is 5.81. The van der Waals surface area contributed by atoms with E-state index in [0.717, 1.165) is 35.7 Å². The second-order valence-corrected chi connectivity index (χ2v) is 5.68. The van der Waals surface area contributed by atoms with Gasteiger partial charge in [0.2, 0.25) is 0 Å². The van der Waals surface area contributed by atoms with Crippen LogP contribution in [0.3, 0.4) is 0 Å². The molecule has 0 bridgehead atoms. The number of hydrogen-bond acceptors (Lipinski definition) is 2. The maximum Gasteiger partial charge on any atom is 0.137 e. The van der Waals surface area contributed by atoms with Crippen molar-refractivity contribution in [1.82, 2.24) is 9.78 Å². The lowest BCUT2D eigenvalue weighted by Crippen LogP contribution is -2.07. The van der Waals surface area contributed by atoms with Crippen LogP contribution in [0.4, 0.5) is 0 Å². The molecular formula is C15H24N2O. The number of ketones is 1. The second kappa shape index (κ2) is 5.68. The second-order valence-electron chi connectivity index (χ2n) is 5.68. The smallest absolute Gasteiger partial charge is 0.137 e. The van der Waals surface area contributed by atoms with Crippen molar-refractivity contribution in [3.63, 3.8) is 0 Å². The van der Waals surface area contributed by atoms with Crippen molar-refractivity contribution in [3.05, 3.63) is 17.0 Å². The Hall–Kier alpha value is -1.12. The fraction of sp³-hybridized carbons (Fsp3) is 0.733. The highest BCUT2D eigenvalue weighted by Gasteiger charge is 2.18. The van der Waals surface area contributed by atoms with Gasteiger partial charge in [0.25, 0.3) is 0 Å². The van der Waals surface area contributed by atoms with Crippen molar-refractivity contribution in [2.24, 2.45) is 13.0 Å². The Labute approximate surface area is 110 Å². The Morgan fingerprint density at radius 1 is 1.33 bits per heavy atom. The SMILES string of the molecule is Cc1nn(C)c(C)c1CC(=O)CCC1CCCC1. The van der Waals surface area contributed by atoms with Crippen molar-refractivity contribution >= 4 is 5.78 Å². The molecule has 0 aliphatic heterocycles. The van der Waals surface area contributed by atoms with Crippen LogP contribution in [0.5, 0.6) is 0 Å². The van der Waals surface area contributed by atoms with Crippen LogP contribution in [-0.2, 0) is 18.3 Å². The molecule has 3 nitrogen and oxygen atoms in total. The largest absolute Gasteiger partial charge is 0.299 e. The third-order valence-electron chi connectivity index (χ3n) is 4.34. The van der Waals surface area contributed by atoms with Gasteiger partial charge in [0.15, 0.2) is 0 Å². The monoisotopic (exact) mass is 248 g/mol. The van der Waals surface area contributed by atoms with E-state index in [0.29, 0.717) is 12.2 Å². The van der Waals surface area contributed by atoms with E-state index in [4.69, 9.17) is 0 Å². The lowest BCUT2D eigenvalue weighted by atomic mass is 9.97. The molecule has 0 spiro atoms. The Kier molecular flexibility index (Phi) is 4.20. The minimum Gasteiger partial charge on any atom is -0.299 e. The van der Waals surface area contributed by atoms with Gasteiger partial charge in [-0.15, -0.1) is 0 Å². The number of nitrogens with zero attached hydrogens (tertiary/aromatic N) is 2. The minimum absolute atomic E-state index is 0.376. The lowest BCUT2D eigenvalue weighted by molar-refractivity contribution is -0.118. The van der Waals surface area contributed by atoms with Crippen LogP contribution in [-0.4, -0.2) is 15.6 Å². The average molecular weight is 248 g/mol. The predicted molar refractivity (Wildman–Crippen MR) is 72.6 cm³/mol. The van der Waals surface area contributed by atoms with Crippen LogP contribution in [0, 0.1) is 19.8 Å². The van der Waals surface area contributed by atoms with Crippen molar-refractivity contribution < 1.29 is 4.79 Å². The van der Waals surface area contributed by atoms with Gasteiger partial charge in [-0.2, -0.15) is 5.10 Å². The molecule has 0 saturated heterocycles. The zero-order valence-electron chi connectivity index (χ0n) is 11.8. The molecule has 0 atom stereocenters. The predicted octanol–water partition coefficient (Wildman–Crippen LogP) is 3.12. The van der Waals surface area contributed by atoms with E-state index < -0.39 is 0 Å². The van der Waals surface area contributed by atoms with Crippen LogP contribution in [0.15, 0.2) is 0 Å². The molecule has 2 rings (SSSR count). The number of rotatable bonds is 5. The summed E-state index contributed by atoms with van der Waals surface area (Å²) in [6.45, 7) is 4.03. The highest BCUT2D eigenvalue weighted by Crippen LogP contribution is 2.28. The molecule has 1 aromatic heterocycles. The molecule has 0 N–H and O–H groups in total. The van der Waals surface area contributed by atoms with Gasteiger partial charge in [-0.05, 0) is 26.2 Å². The molecule has 1 saturated carbocycles. The number of hydrogen-bond donors (Lipinski definition) is 0. The normalized spacial score (nSPS) is 16.4. The maximum atomic E-state index is 12.0. The molecule has 1 aromatic rings. The van der Waals surface area contributed by atoms with Crippen molar-refractivity contribution in [2.45, 2.75) is 58.8 Å². The van der Waals surface area contributed by atoms with E-state index in [1.807, 2.05) is 25.6 Å². The minimum atomic E-state index is 0.376. The summed E-state index contributed by atoms with van der Waals surface area (Å²) in [5.74, 6) is 1.19. The summed E-state index contributed by atoms with van der Waals surface area (Å²) in [4.78, 5) is 12.0. The summed E-state index contributed by atoms with van der Waals surface area (Å²) in [6, 6.07) is 0. The van der Waals surface area contributed by atoms with Gasteiger partial charge in [-0.1, -0.05) is 25.7 Å². The van der Waals surface area contributed by atoms with Gasteiger partial charge in [-0.3, -0.25) is 9.48 Å². The number of aryl methyl sites for hydroxylation is 2. The summed E-state index contributed by atoms with van der Waals surface area (Å²) in [5.41, 5.74) is 3.26. The van der Waals surface area contributed by atoms with Gasteiger partial charge >= 0.3 is 0 Å². The average Bonchev–Trinajstić information content (AvgIpc) is 2.92. The first kappa shape index (κ1) is 13.3. The lowest BCUT2D eigenvalue weighted by Gasteiger charge is -2.07. The Bertz CT molecular complexity index is 428. The van der Waals surface area contributed by atoms with Crippen LogP contribution >= 0.6 is 0 Å². The van der Waals surface area contributed by atoms with E-state index in [2.05, 4.69) is 5.10 Å². The van der Waals surface area contributed by atoms with E-state index in [1.54, 1.807) is 0 Å². The quantitative estimate of drug-likeness (QED) is 0.802. The van der Waals surface area contributed by atoms with Gasteiger partial charge in [-0.25, -0.2) is 0 Å². The molecular weight excluding hydrogens is 224 g/mol. The molecule has 1 aliphatic rings. The number of carbonyl (C=O) groups excluding carboxylic acids is 1. The Balaban J connectivity index is 1.86. The first-order valence-electron chi connectivity index (χ1n) is 7.08. The van der Waals surface area contributed by atoms with E-state index in [9.17, 15) is 4.79 Å². The van der Waals surface area contributed by atoms with E-state index in [-0.39, 0.29) is 0 Å². The third kappa shape index (κ3) is 3.01. The molecule has 0 unspecified atom stereocenters. The molecule has 100 valence electrons. The van der Waals surface area contributed by atoms with E-state index >= 15 is 0 Å². The van der Waals surface area contributed by atoms with Crippen molar-refractivity contribution in [3.8, 4) is 0 Å². The first-order valence-corrected chi connectivity index (χ1v) is 7.08. The van der Waals surface area contributed by atoms with Crippen LogP contribution in [0.25, 0.3) is 0 Å².